The number of nitrogens with zero attached hydrogens (tertiary/aromatic N) is 3. The maximum absolute atomic E-state index is 15.1. The minimum atomic E-state index is -4.48. The van der Waals surface area contributed by atoms with E-state index in [1.807, 2.05) is 54.6 Å². The Bertz CT molecular complexity index is 2230. The van der Waals surface area contributed by atoms with E-state index < -0.39 is 60.2 Å². The molecule has 400 valence electrons. The number of aryl methyl sites for hydroxylation is 1. The molecule has 0 aliphatic rings. The van der Waals surface area contributed by atoms with Crippen LogP contribution in [0.5, 0.6) is 5.75 Å². The maximum atomic E-state index is 15.1. The third-order valence-electron chi connectivity index (χ3n) is 14.3. The van der Waals surface area contributed by atoms with Gasteiger partial charge in [0.15, 0.2) is 21.5 Å². The summed E-state index contributed by atoms with van der Waals surface area (Å²) in [6.45, 7) is 35.4. The number of carbonyl (C=O) groups excluding carboxylic acids is 2. The molecule has 0 bridgehead atoms. The van der Waals surface area contributed by atoms with Gasteiger partial charge in [-0.15, -0.1) is 13.2 Å². The molecule has 1 N–H and O–H groups in total. The fourth-order valence-corrected chi connectivity index (χ4v) is 23.7. The van der Waals surface area contributed by atoms with Crippen LogP contribution in [-0.4, -0.2) is 95.9 Å². The van der Waals surface area contributed by atoms with Crippen LogP contribution < -0.4 is 10.1 Å². The highest BCUT2D eigenvalue weighted by Crippen LogP contribution is 2.43. The van der Waals surface area contributed by atoms with Crippen LogP contribution in [0, 0.1) is 10.1 Å². The van der Waals surface area contributed by atoms with Crippen LogP contribution in [0.25, 0.3) is 0 Å². The Balaban J connectivity index is 2.04. The number of amides is 2. The van der Waals surface area contributed by atoms with E-state index in [-0.39, 0.29) is 38.4 Å². The monoisotopic (exact) mass is 1050 g/mol. The molecule has 3 aromatic rings. The summed E-state index contributed by atoms with van der Waals surface area (Å²) in [5.74, 6) is 0.0441. The minimum Gasteiger partial charge on any atom is -0.489 e. The molecule has 0 aliphatic heterocycles. The molecule has 16 heteroatoms. The fourth-order valence-electron chi connectivity index (χ4n) is 11.1. The number of benzene rings is 3. The number of rotatable bonds is 34. The van der Waals surface area contributed by atoms with Gasteiger partial charge in [0.2, 0.25) is 21.8 Å². The summed E-state index contributed by atoms with van der Waals surface area (Å²) in [6.07, 6.45) is 5.18. The number of carbonyl (C=O) groups is 2. The van der Waals surface area contributed by atoms with Gasteiger partial charge in [-0.3, -0.25) is 19.7 Å². The molecule has 0 fully saturated rings. The fraction of sp³-hybridized carbons (Fsp3) is 0.571. The highest BCUT2D eigenvalue weighted by molar-refractivity contribution is 7.89. The average molecular weight is 1050 g/mol. The van der Waals surface area contributed by atoms with Gasteiger partial charge in [-0.2, -0.15) is 4.31 Å². The van der Waals surface area contributed by atoms with E-state index >= 15 is 4.79 Å². The predicted molar refractivity (Wildman–Crippen MR) is 298 cm³/mol. The number of sulfonamides is 1. The molecule has 0 saturated carbocycles. The Hall–Kier alpha value is -4.46. The summed E-state index contributed by atoms with van der Waals surface area (Å²) in [4.78, 5) is 42.2. The number of ether oxygens (including phenoxy) is 1. The molecule has 72 heavy (non-hydrogen) atoms. The van der Waals surface area contributed by atoms with E-state index in [4.69, 9.17) is 13.6 Å². The van der Waals surface area contributed by atoms with Gasteiger partial charge in [-0.05, 0) is 94.7 Å². The van der Waals surface area contributed by atoms with E-state index in [1.165, 1.54) is 24.3 Å². The Labute approximate surface area is 435 Å². The maximum Gasteiger partial charge on any atom is 0.289 e. The first-order chi connectivity index (χ1) is 34.0. The Morgan fingerprint density at radius 3 is 1.69 bits per heavy atom. The Morgan fingerprint density at radius 2 is 1.19 bits per heavy atom. The van der Waals surface area contributed by atoms with E-state index in [0.29, 0.717) is 84.5 Å². The number of para-hydroxylation sites is 1. The molecule has 0 heterocycles. The topological polar surface area (TPSA) is 158 Å². The van der Waals surface area contributed by atoms with Gasteiger partial charge < -0.3 is 23.8 Å². The zero-order chi connectivity index (χ0) is 53.8. The van der Waals surface area contributed by atoms with Crippen LogP contribution in [0.2, 0.25) is 33.2 Å². The molecule has 2 atom stereocenters. The second-order valence-electron chi connectivity index (χ2n) is 20.9. The highest BCUT2D eigenvalue weighted by Gasteiger charge is 2.46. The lowest BCUT2D eigenvalue weighted by molar-refractivity contribution is -0.387. The lowest BCUT2D eigenvalue weighted by Crippen LogP contribution is -2.54. The summed E-state index contributed by atoms with van der Waals surface area (Å²) in [5.41, 5.74) is 3.52. The number of hydrogen-bond acceptors (Lipinski definition) is 9. The zero-order valence-electron chi connectivity index (χ0n) is 45.6. The van der Waals surface area contributed by atoms with E-state index in [2.05, 4.69) is 102 Å². The Kier molecular flexibility index (Phi) is 25.3. The number of nitro groups is 1. The van der Waals surface area contributed by atoms with E-state index in [1.54, 1.807) is 11.0 Å². The van der Waals surface area contributed by atoms with Crippen LogP contribution in [0.15, 0.2) is 109 Å². The van der Waals surface area contributed by atoms with Gasteiger partial charge in [-0.25, -0.2) is 8.42 Å². The first-order valence-corrected chi connectivity index (χ1v) is 31.8. The van der Waals surface area contributed by atoms with Crippen LogP contribution in [0.1, 0.15) is 126 Å². The van der Waals surface area contributed by atoms with E-state index in [0.717, 1.165) is 21.5 Å². The molecule has 0 spiro atoms. The van der Waals surface area contributed by atoms with Crippen LogP contribution >= 0.6 is 0 Å². The van der Waals surface area contributed by atoms with Gasteiger partial charge >= 0.3 is 0 Å². The van der Waals surface area contributed by atoms with Gasteiger partial charge in [0.1, 0.15) is 18.4 Å². The van der Waals surface area contributed by atoms with Crippen molar-refractivity contribution in [3.63, 3.8) is 0 Å². The van der Waals surface area contributed by atoms with Crippen LogP contribution in [-0.2, 0) is 41.5 Å². The highest BCUT2D eigenvalue weighted by atomic mass is 32.2. The molecule has 0 radical (unpaired) electrons. The summed E-state index contributed by atoms with van der Waals surface area (Å²) in [6, 6.07) is 21.1. The second-order valence-corrected chi connectivity index (χ2v) is 33.8. The molecule has 0 aromatic heterocycles. The van der Waals surface area contributed by atoms with Crippen LogP contribution in [0.3, 0.4) is 0 Å². The van der Waals surface area contributed by atoms with Crippen molar-refractivity contribution >= 4 is 44.2 Å². The van der Waals surface area contributed by atoms with Crippen molar-refractivity contribution in [2.45, 2.75) is 178 Å². The SMILES string of the molecule is C=CCN(C(=O)CCc1ccc(OCc2ccccc2)cc1)C(CCCO[Si](C(C)C)(C(C)C)C(C)C)C(=O)N[C@@H](CCCO[Si](C(C)C)(C(C)C)C(C)C)CN(CC=C)S(=O)(=O)c1ccccc1[N+](=O)[O-]. The molecular weight excluding hydrogens is 961 g/mol. The normalized spacial score (nSPS) is 13.3. The molecule has 0 aliphatic carbocycles. The van der Waals surface area contributed by atoms with Crippen molar-refractivity contribution in [2.24, 2.45) is 0 Å². The van der Waals surface area contributed by atoms with Crippen molar-refractivity contribution in [2.75, 3.05) is 32.8 Å². The predicted octanol–water partition coefficient (Wildman–Crippen LogP) is 12.8. The van der Waals surface area contributed by atoms with Crippen molar-refractivity contribution in [3.8, 4) is 5.75 Å². The summed E-state index contributed by atoms with van der Waals surface area (Å²) in [5, 5.41) is 15.3. The molecule has 1 unspecified atom stereocenters. The van der Waals surface area contributed by atoms with Gasteiger partial charge in [0.25, 0.3) is 5.69 Å². The molecule has 13 nitrogen and oxygen atoms in total. The largest absolute Gasteiger partial charge is 0.489 e. The molecular formula is C56H88N4O9SSi2. The summed E-state index contributed by atoms with van der Waals surface area (Å²) >= 11 is 0. The summed E-state index contributed by atoms with van der Waals surface area (Å²) < 4.78 is 49.8. The minimum absolute atomic E-state index is 0.103. The first kappa shape index (κ1) is 61.8. The first-order valence-electron chi connectivity index (χ1n) is 26.1. The number of hydrogen-bond donors (Lipinski definition) is 1. The van der Waals surface area contributed by atoms with Crippen molar-refractivity contribution < 1.29 is 36.5 Å². The van der Waals surface area contributed by atoms with E-state index in [9.17, 15) is 23.3 Å². The van der Waals surface area contributed by atoms with Gasteiger partial charge in [0, 0.05) is 51.4 Å². The molecule has 3 rings (SSSR count). The molecule has 2 amide bonds. The number of nitrogens with one attached hydrogen (secondary N) is 1. The van der Waals surface area contributed by atoms with Crippen molar-refractivity contribution in [3.05, 3.63) is 125 Å². The lowest BCUT2D eigenvalue weighted by Gasteiger charge is -2.42. The van der Waals surface area contributed by atoms with Crippen LogP contribution in [0.4, 0.5) is 5.69 Å². The average Bonchev–Trinajstić information content (AvgIpc) is 3.32. The third kappa shape index (κ3) is 16.5. The smallest absolute Gasteiger partial charge is 0.289 e. The lowest BCUT2D eigenvalue weighted by atomic mass is 10.0. The Morgan fingerprint density at radius 1 is 0.694 bits per heavy atom. The van der Waals surface area contributed by atoms with Crippen molar-refractivity contribution in [1.82, 2.24) is 14.5 Å². The van der Waals surface area contributed by atoms with Crippen molar-refractivity contribution in [1.29, 1.82) is 0 Å². The third-order valence-corrected chi connectivity index (χ3v) is 28.5. The zero-order valence-corrected chi connectivity index (χ0v) is 48.4. The quantitative estimate of drug-likeness (QED) is 0.0202. The summed E-state index contributed by atoms with van der Waals surface area (Å²) in [7, 11) is -9.00. The number of nitro benzene ring substituents is 1. The molecule has 0 saturated heterocycles. The second kappa shape index (κ2) is 29.4. The van der Waals surface area contributed by atoms with Gasteiger partial charge in [0.05, 0.1) is 4.92 Å². The van der Waals surface area contributed by atoms with Gasteiger partial charge in [-0.1, -0.05) is 150 Å². The molecule has 3 aromatic carbocycles. The standard InChI is InChI=1S/C56H88N4O9SSi2/c1-15-36-58(70(65,66)54-29-21-20-27-52(54)60(63)64)40-50(26-22-38-68-71(42(3)4,43(5)6)44(7)8)57-56(62)53(28-23-39-69-72(45(9)10,46(11)12)47(13)14)59(37-16-2)55(61)35-32-48-30-33-51(34-31-48)67-41-49-24-18-17-19-25-49/h15-21,24-25,27,29-31,33-34,42-47,50,53H,1-2,22-23,26,28,32,35-41H2,3-14H3,(H,57,62)/t50-,53?/m0/s1.